The Morgan fingerprint density at radius 3 is 2.70 bits per heavy atom. The smallest absolute Gasteiger partial charge is 0.122 e. The molecule has 1 atom stereocenters. The molecule has 1 aromatic heterocycles. The maximum Gasteiger partial charge on any atom is 0.122 e. The van der Waals surface area contributed by atoms with E-state index in [9.17, 15) is 0 Å². The van der Waals surface area contributed by atoms with E-state index in [-0.39, 0.29) is 6.04 Å². The number of nitrogens with two attached hydrogens (primary N) is 1. The molecule has 0 aliphatic heterocycles. The summed E-state index contributed by atoms with van der Waals surface area (Å²) >= 11 is 6.13. The lowest BCUT2D eigenvalue weighted by Gasteiger charge is -2.18. The molecule has 0 aliphatic rings. The summed E-state index contributed by atoms with van der Waals surface area (Å²) in [6, 6.07) is 9.91. The molecule has 106 valence electrons. The highest BCUT2D eigenvalue weighted by molar-refractivity contribution is 6.31. The first-order valence-electron chi connectivity index (χ1n) is 6.41. The van der Waals surface area contributed by atoms with Gasteiger partial charge in [-0.25, -0.2) is 0 Å². The van der Waals surface area contributed by atoms with E-state index in [4.69, 9.17) is 22.2 Å². The first-order valence-corrected chi connectivity index (χ1v) is 6.78. The van der Waals surface area contributed by atoms with Gasteiger partial charge in [-0.05, 0) is 36.1 Å². The van der Waals surface area contributed by atoms with Crippen molar-refractivity contribution in [3.8, 4) is 5.75 Å². The molecule has 2 aromatic rings. The molecule has 4 nitrogen and oxygen atoms in total. The minimum atomic E-state index is 0.0752. The van der Waals surface area contributed by atoms with Crippen LogP contribution in [-0.4, -0.2) is 18.1 Å². The van der Waals surface area contributed by atoms with Gasteiger partial charge in [-0.15, -0.1) is 0 Å². The van der Waals surface area contributed by atoms with Crippen LogP contribution in [0.15, 0.2) is 42.7 Å². The van der Waals surface area contributed by atoms with Crippen molar-refractivity contribution in [3.63, 3.8) is 0 Å². The Hall–Kier alpha value is -1.62. The second-order valence-electron chi connectivity index (χ2n) is 4.55. The third kappa shape index (κ3) is 3.70. The topological polar surface area (TPSA) is 60.2 Å². The zero-order chi connectivity index (χ0) is 14.4. The van der Waals surface area contributed by atoms with Crippen LogP contribution >= 0.6 is 11.6 Å². The van der Waals surface area contributed by atoms with Gasteiger partial charge in [0.05, 0.1) is 12.1 Å². The van der Waals surface area contributed by atoms with E-state index in [0.29, 0.717) is 5.02 Å². The lowest BCUT2D eigenvalue weighted by Crippen LogP contribution is -2.38. The fraction of sp³-hybridized carbons (Fsp3) is 0.267. The van der Waals surface area contributed by atoms with Gasteiger partial charge >= 0.3 is 0 Å². The van der Waals surface area contributed by atoms with Gasteiger partial charge in [0.25, 0.3) is 0 Å². The standard InChI is InChI=1S/C15H18ClN3O/c1-20-15-5-3-2-4-12(15)9-13(19-17)8-11-6-7-18-10-14(11)16/h2-7,10,13,19H,8-9,17H2,1H3. The van der Waals surface area contributed by atoms with Gasteiger partial charge in [-0.1, -0.05) is 29.8 Å². The molecule has 2 rings (SSSR count). The Morgan fingerprint density at radius 2 is 2.00 bits per heavy atom. The van der Waals surface area contributed by atoms with Crippen molar-refractivity contribution < 1.29 is 4.74 Å². The van der Waals surface area contributed by atoms with Crippen molar-refractivity contribution in [2.75, 3.05) is 7.11 Å². The predicted octanol–water partition coefficient (Wildman–Crippen LogP) is 2.36. The third-order valence-electron chi connectivity index (χ3n) is 3.22. The van der Waals surface area contributed by atoms with Crippen LogP contribution in [0.2, 0.25) is 5.02 Å². The highest BCUT2D eigenvalue weighted by atomic mass is 35.5. The van der Waals surface area contributed by atoms with E-state index in [2.05, 4.69) is 10.4 Å². The van der Waals surface area contributed by atoms with Gasteiger partial charge in [-0.3, -0.25) is 16.3 Å². The summed E-state index contributed by atoms with van der Waals surface area (Å²) < 4.78 is 5.36. The number of methoxy groups -OCH3 is 1. The molecule has 0 saturated carbocycles. The molecule has 0 fully saturated rings. The van der Waals surface area contributed by atoms with Crippen molar-refractivity contribution in [3.05, 3.63) is 58.9 Å². The van der Waals surface area contributed by atoms with Crippen LogP contribution in [0.4, 0.5) is 0 Å². The normalized spacial score (nSPS) is 12.2. The van der Waals surface area contributed by atoms with Crippen molar-refractivity contribution in [2.24, 2.45) is 5.84 Å². The predicted molar refractivity (Wildman–Crippen MR) is 80.8 cm³/mol. The summed E-state index contributed by atoms with van der Waals surface area (Å²) in [7, 11) is 1.67. The highest BCUT2D eigenvalue weighted by Crippen LogP contribution is 2.21. The minimum absolute atomic E-state index is 0.0752. The fourth-order valence-electron chi connectivity index (χ4n) is 2.16. The Bertz CT molecular complexity index is 562. The van der Waals surface area contributed by atoms with Crippen molar-refractivity contribution in [1.82, 2.24) is 10.4 Å². The zero-order valence-corrected chi connectivity index (χ0v) is 12.1. The highest BCUT2D eigenvalue weighted by Gasteiger charge is 2.13. The van der Waals surface area contributed by atoms with E-state index in [1.807, 2.05) is 30.3 Å². The van der Waals surface area contributed by atoms with Crippen LogP contribution in [0.5, 0.6) is 5.75 Å². The van der Waals surface area contributed by atoms with Crippen LogP contribution in [0, 0.1) is 0 Å². The number of hydrogen-bond acceptors (Lipinski definition) is 4. The molecular formula is C15H18ClN3O. The Labute approximate surface area is 123 Å². The van der Waals surface area contributed by atoms with Gasteiger partial charge in [0.15, 0.2) is 0 Å². The molecule has 0 bridgehead atoms. The Balaban J connectivity index is 2.11. The van der Waals surface area contributed by atoms with Crippen LogP contribution in [0.1, 0.15) is 11.1 Å². The van der Waals surface area contributed by atoms with Crippen molar-refractivity contribution in [2.45, 2.75) is 18.9 Å². The molecule has 0 spiro atoms. The number of pyridine rings is 1. The maximum atomic E-state index is 6.13. The number of nitrogens with one attached hydrogen (secondary N) is 1. The number of halogens is 1. The monoisotopic (exact) mass is 291 g/mol. The SMILES string of the molecule is COc1ccccc1CC(Cc1ccncc1Cl)NN. The summed E-state index contributed by atoms with van der Waals surface area (Å²) in [5, 5.41) is 0.660. The first kappa shape index (κ1) is 14.8. The summed E-state index contributed by atoms with van der Waals surface area (Å²) in [6.07, 6.45) is 4.88. The van der Waals surface area contributed by atoms with Crippen LogP contribution in [0.3, 0.4) is 0 Å². The lowest BCUT2D eigenvalue weighted by molar-refractivity contribution is 0.404. The Morgan fingerprint density at radius 1 is 1.25 bits per heavy atom. The maximum absolute atomic E-state index is 6.13. The van der Waals surface area contributed by atoms with Gasteiger partial charge < -0.3 is 4.74 Å². The largest absolute Gasteiger partial charge is 0.496 e. The van der Waals surface area contributed by atoms with E-state index in [0.717, 1.165) is 29.7 Å². The molecule has 1 unspecified atom stereocenters. The average molecular weight is 292 g/mol. The summed E-state index contributed by atoms with van der Waals surface area (Å²) in [6.45, 7) is 0. The number of para-hydroxylation sites is 1. The van der Waals surface area contributed by atoms with E-state index in [1.54, 1.807) is 19.5 Å². The van der Waals surface area contributed by atoms with Crippen LogP contribution < -0.4 is 16.0 Å². The minimum Gasteiger partial charge on any atom is -0.496 e. The summed E-state index contributed by atoms with van der Waals surface area (Å²) in [5.74, 6) is 6.53. The number of hydrazine groups is 1. The van der Waals surface area contributed by atoms with Crippen LogP contribution in [-0.2, 0) is 12.8 Å². The summed E-state index contributed by atoms with van der Waals surface area (Å²) in [5.41, 5.74) is 4.98. The molecule has 0 aliphatic carbocycles. The molecule has 1 aromatic carbocycles. The van der Waals surface area contributed by atoms with Gasteiger partial charge in [0.2, 0.25) is 0 Å². The van der Waals surface area contributed by atoms with Gasteiger partial charge in [0.1, 0.15) is 5.75 Å². The molecular weight excluding hydrogens is 274 g/mol. The molecule has 0 radical (unpaired) electrons. The van der Waals surface area contributed by atoms with E-state index < -0.39 is 0 Å². The second kappa shape index (κ2) is 7.24. The number of rotatable bonds is 6. The molecule has 20 heavy (non-hydrogen) atoms. The van der Waals surface area contributed by atoms with Gasteiger partial charge in [-0.2, -0.15) is 0 Å². The summed E-state index contributed by atoms with van der Waals surface area (Å²) in [4.78, 5) is 3.99. The fourth-order valence-corrected chi connectivity index (χ4v) is 2.36. The molecule has 5 heteroatoms. The van der Waals surface area contributed by atoms with E-state index >= 15 is 0 Å². The second-order valence-corrected chi connectivity index (χ2v) is 4.96. The molecule has 1 heterocycles. The molecule has 0 amide bonds. The third-order valence-corrected chi connectivity index (χ3v) is 3.56. The number of hydrogen-bond donors (Lipinski definition) is 2. The van der Waals surface area contributed by atoms with E-state index in [1.165, 1.54) is 0 Å². The zero-order valence-electron chi connectivity index (χ0n) is 11.3. The Kier molecular flexibility index (Phi) is 5.35. The van der Waals surface area contributed by atoms with Crippen molar-refractivity contribution >= 4 is 11.6 Å². The van der Waals surface area contributed by atoms with Crippen molar-refractivity contribution in [1.29, 1.82) is 0 Å². The molecule has 0 saturated heterocycles. The first-order chi connectivity index (χ1) is 9.74. The molecule has 3 N–H and O–H groups in total. The quantitative estimate of drug-likeness (QED) is 0.634. The lowest BCUT2D eigenvalue weighted by atomic mass is 9.99. The number of benzene rings is 1. The number of ether oxygens (including phenoxy) is 1. The van der Waals surface area contributed by atoms with Gasteiger partial charge in [0, 0.05) is 18.4 Å². The van der Waals surface area contributed by atoms with Crippen LogP contribution in [0.25, 0.3) is 0 Å². The number of aromatic nitrogens is 1. The average Bonchev–Trinajstić information content (AvgIpc) is 2.49. The number of nitrogens with zero attached hydrogens (tertiary/aromatic N) is 1.